The summed E-state index contributed by atoms with van der Waals surface area (Å²) in [4.78, 5) is 0. The Balaban J connectivity index is 0.000000288. The maximum Gasteiger partial charge on any atom is 0.0425 e. The van der Waals surface area contributed by atoms with E-state index in [2.05, 4.69) is 84.1 Å². The van der Waals surface area contributed by atoms with Gasteiger partial charge in [-0.05, 0) is 79.5 Å². The van der Waals surface area contributed by atoms with E-state index < -0.39 is 7.05 Å². The Morgan fingerprint density at radius 2 is 1.06 bits per heavy atom. The first-order valence-corrected chi connectivity index (χ1v) is 16.4. The standard InChI is InChI=1S/C20H32NP.C12H22.Ti/c1-2-10-17(9-1)21-22(18-11-3-4-12-18,19-13-5-6-14-19)20-15-7-8-16-20;1-11(2,3)9-7-8-10-12(4,5)6;/h1-2,9,18-20H,3-8,10-16H2;7-10H,1-6H3;. The van der Waals surface area contributed by atoms with E-state index in [-0.39, 0.29) is 21.7 Å². The maximum atomic E-state index is 5.76. The van der Waals surface area contributed by atoms with E-state index in [0.717, 1.165) is 23.4 Å². The van der Waals surface area contributed by atoms with Crippen molar-refractivity contribution in [3.05, 3.63) is 48.2 Å². The molecule has 3 saturated carbocycles. The third kappa shape index (κ3) is 9.62. The van der Waals surface area contributed by atoms with Crippen molar-refractivity contribution in [3.63, 3.8) is 0 Å². The Labute approximate surface area is 233 Å². The van der Waals surface area contributed by atoms with Gasteiger partial charge in [0.05, 0.1) is 0 Å². The van der Waals surface area contributed by atoms with Crippen molar-refractivity contribution in [3.8, 4) is 0 Å². The minimum Gasteiger partial charge on any atom is -0.271 e. The molecule has 1 nitrogen and oxygen atoms in total. The van der Waals surface area contributed by atoms with Gasteiger partial charge in [0, 0.05) is 33.8 Å². The summed E-state index contributed by atoms with van der Waals surface area (Å²) < 4.78 is 5.76. The van der Waals surface area contributed by atoms with Crippen molar-refractivity contribution in [1.29, 1.82) is 0 Å². The molecule has 35 heavy (non-hydrogen) atoms. The Kier molecular flexibility index (Phi) is 12.6. The minimum absolute atomic E-state index is 0. The molecule has 0 saturated heterocycles. The second kappa shape index (κ2) is 14.2. The number of rotatable bonds is 5. The molecule has 3 heteroatoms. The van der Waals surface area contributed by atoms with Crippen LogP contribution < -0.4 is 0 Å². The Morgan fingerprint density at radius 3 is 1.34 bits per heavy atom. The number of allylic oxidation sites excluding steroid dienone is 7. The topological polar surface area (TPSA) is 12.4 Å². The summed E-state index contributed by atoms with van der Waals surface area (Å²) in [6.45, 7) is 13.2. The van der Waals surface area contributed by atoms with Gasteiger partial charge in [0.2, 0.25) is 0 Å². The van der Waals surface area contributed by atoms with Crippen molar-refractivity contribution in [1.82, 2.24) is 0 Å². The Hall–Kier alpha value is -0.0957. The summed E-state index contributed by atoms with van der Waals surface area (Å²) in [5.41, 5.74) is 5.03. The van der Waals surface area contributed by atoms with E-state index in [1.165, 1.54) is 82.7 Å². The van der Waals surface area contributed by atoms with E-state index >= 15 is 0 Å². The normalized spacial score (nSPS) is 22.6. The second-order valence-corrected chi connectivity index (χ2v) is 17.4. The molecule has 0 radical (unpaired) electrons. The van der Waals surface area contributed by atoms with Crippen LogP contribution in [0, 0.1) is 10.8 Å². The summed E-state index contributed by atoms with van der Waals surface area (Å²) in [6.07, 6.45) is 34.6. The van der Waals surface area contributed by atoms with E-state index in [9.17, 15) is 0 Å². The van der Waals surface area contributed by atoms with Gasteiger partial charge in [-0.1, -0.05) is 117 Å². The smallest absolute Gasteiger partial charge is 0.0425 e. The van der Waals surface area contributed by atoms with Crippen LogP contribution in [0.1, 0.15) is 125 Å². The van der Waals surface area contributed by atoms with Gasteiger partial charge in [-0.3, -0.25) is 4.74 Å². The summed E-state index contributed by atoms with van der Waals surface area (Å²) in [6, 6.07) is 0. The van der Waals surface area contributed by atoms with Crippen LogP contribution in [0.25, 0.3) is 0 Å². The minimum atomic E-state index is -1.17. The molecule has 0 aliphatic heterocycles. The maximum absolute atomic E-state index is 5.76. The van der Waals surface area contributed by atoms with Crippen LogP contribution >= 0.6 is 7.05 Å². The summed E-state index contributed by atoms with van der Waals surface area (Å²) in [5, 5.41) is 0. The molecule has 0 atom stereocenters. The molecule has 0 aromatic carbocycles. The predicted molar refractivity (Wildman–Crippen MR) is 155 cm³/mol. The van der Waals surface area contributed by atoms with E-state index in [1.54, 1.807) is 0 Å². The molecule has 4 aliphatic carbocycles. The van der Waals surface area contributed by atoms with Crippen molar-refractivity contribution < 1.29 is 21.7 Å². The fraction of sp³-hybridized carbons (Fsp3) is 0.750. The third-order valence-corrected chi connectivity index (χ3v) is 13.7. The molecule has 4 rings (SSSR count). The average molecular weight is 532 g/mol. The first-order valence-electron chi connectivity index (χ1n) is 14.4. The second-order valence-electron chi connectivity index (χ2n) is 13.4. The average Bonchev–Trinajstić information content (AvgIpc) is 3.57. The molecule has 0 amide bonds. The van der Waals surface area contributed by atoms with Crippen LogP contribution in [0.2, 0.25) is 0 Å². The summed E-state index contributed by atoms with van der Waals surface area (Å²) in [7, 11) is -1.17. The predicted octanol–water partition coefficient (Wildman–Crippen LogP) is 11.0. The number of hydrogen-bond acceptors (Lipinski definition) is 1. The van der Waals surface area contributed by atoms with Gasteiger partial charge < -0.3 is 0 Å². The van der Waals surface area contributed by atoms with Crippen LogP contribution in [0.3, 0.4) is 0 Å². The van der Waals surface area contributed by atoms with Crippen molar-refractivity contribution in [2.24, 2.45) is 15.6 Å². The largest absolute Gasteiger partial charge is 0.271 e. The van der Waals surface area contributed by atoms with Gasteiger partial charge in [0.1, 0.15) is 0 Å². The third-order valence-electron chi connectivity index (χ3n) is 8.09. The fourth-order valence-electron chi connectivity index (χ4n) is 6.51. The molecule has 0 aromatic heterocycles. The number of hydrogen-bond donors (Lipinski definition) is 0. The van der Waals surface area contributed by atoms with E-state index in [1.807, 2.05) is 0 Å². The zero-order valence-corrected chi connectivity index (χ0v) is 26.3. The molecule has 0 N–H and O–H groups in total. The first kappa shape index (κ1) is 31.1. The van der Waals surface area contributed by atoms with Gasteiger partial charge in [-0.2, -0.15) is 0 Å². The molecular weight excluding hydrogens is 477 g/mol. The molecule has 196 valence electrons. The molecule has 0 heterocycles. The van der Waals surface area contributed by atoms with Crippen LogP contribution in [0.4, 0.5) is 0 Å². The zero-order chi connectivity index (χ0) is 24.7. The van der Waals surface area contributed by atoms with Crippen LogP contribution in [0.15, 0.2) is 53.0 Å². The first-order chi connectivity index (χ1) is 16.1. The van der Waals surface area contributed by atoms with Crippen LogP contribution in [-0.2, 0) is 21.7 Å². The van der Waals surface area contributed by atoms with Gasteiger partial charge in [0.15, 0.2) is 0 Å². The summed E-state index contributed by atoms with van der Waals surface area (Å²) in [5.74, 6) is 0. The Morgan fingerprint density at radius 1 is 0.686 bits per heavy atom. The van der Waals surface area contributed by atoms with E-state index in [0.29, 0.717) is 10.8 Å². The van der Waals surface area contributed by atoms with Gasteiger partial charge in [0.25, 0.3) is 0 Å². The quantitative estimate of drug-likeness (QED) is 0.190. The molecule has 4 aliphatic rings. The van der Waals surface area contributed by atoms with Crippen molar-refractivity contribution in [2.45, 2.75) is 142 Å². The molecule has 0 spiro atoms. The fourth-order valence-corrected chi connectivity index (χ4v) is 13.0. The monoisotopic (exact) mass is 531 g/mol. The van der Waals surface area contributed by atoms with Crippen LogP contribution in [-0.4, -0.2) is 17.0 Å². The van der Waals surface area contributed by atoms with Gasteiger partial charge >= 0.3 is 0 Å². The van der Waals surface area contributed by atoms with Crippen LogP contribution in [0.5, 0.6) is 0 Å². The number of nitrogens with zero attached hydrogens (tertiary/aromatic N) is 1. The molecule has 3 fully saturated rings. The van der Waals surface area contributed by atoms with Gasteiger partial charge in [-0.15, -0.1) is 0 Å². The van der Waals surface area contributed by atoms with Crippen molar-refractivity contribution >= 4 is 7.05 Å². The van der Waals surface area contributed by atoms with Gasteiger partial charge in [-0.25, -0.2) is 0 Å². The molecular formula is C32H54NPTi. The SMILES string of the molecule is C1=CCC(N=P(C2CCCC2)(C2CCCC2)C2CCCC2)=C1.CC(C)(C)C=CC=CC(C)(C)C.[Ti]. The van der Waals surface area contributed by atoms with Crippen molar-refractivity contribution in [2.75, 3.05) is 0 Å². The molecule has 0 bridgehead atoms. The Bertz CT molecular complexity index is 730. The zero-order valence-electron chi connectivity index (χ0n) is 23.9. The molecule has 0 aromatic rings. The summed E-state index contributed by atoms with van der Waals surface area (Å²) >= 11 is 0. The molecule has 0 unspecified atom stereocenters. The van der Waals surface area contributed by atoms with E-state index in [4.69, 9.17) is 4.74 Å².